The van der Waals surface area contributed by atoms with Gasteiger partial charge in [0.15, 0.2) is 0 Å². The number of halogens is 1. The Kier molecular flexibility index (Phi) is 4.59. The summed E-state index contributed by atoms with van der Waals surface area (Å²) in [6.07, 6.45) is 1.96. The third-order valence-electron chi connectivity index (χ3n) is 3.21. The van der Waals surface area contributed by atoms with Gasteiger partial charge in [0.05, 0.1) is 0 Å². The van der Waals surface area contributed by atoms with Crippen LogP contribution in [0.15, 0.2) is 15.9 Å². The average Bonchev–Trinajstić information content (AvgIpc) is 2.75. The van der Waals surface area contributed by atoms with Crippen LogP contribution in [0.3, 0.4) is 0 Å². The van der Waals surface area contributed by atoms with Crippen LogP contribution in [0.2, 0.25) is 0 Å². The Hall–Kier alpha value is -0.390. The van der Waals surface area contributed by atoms with E-state index in [9.17, 15) is 4.79 Å². The first kappa shape index (κ1) is 13.1. The summed E-state index contributed by atoms with van der Waals surface area (Å²) in [4.78, 5) is 15.3. The zero-order valence-electron chi connectivity index (χ0n) is 9.91. The van der Waals surface area contributed by atoms with E-state index in [-0.39, 0.29) is 11.8 Å². The van der Waals surface area contributed by atoms with Crippen molar-refractivity contribution in [3.63, 3.8) is 0 Å². The highest BCUT2D eigenvalue weighted by Gasteiger charge is 2.24. The van der Waals surface area contributed by atoms with Gasteiger partial charge in [0.1, 0.15) is 0 Å². The molecule has 1 aromatic rings. The molecule has 0 aromatic carbocycles. The molecule has 0 spiro atoms. The van der Waals surface area contributed by atoms with Gasteiger partial charge in [0.25, 0.3) is 0 Å². The molecule has 0 radical (unpaired) electrons. The predicted octanol–water partition coefficient (Wildman–Crippen LogP) is 2.47. The summed E-state index contributed by atoms with van der Waals surface area (Å²) in [5, 5.41) is 4.86. The fourth-order valence-corrected chi connectivity index (χ4v) is 3.71. The summed E-state index contributed by atoms with van der Waals surface area (Å²) in [6, 6.07) is 2.18. The first-order valence-corrected chi connectivity index (χ1v) is 7.53. The van der Waals surface area contributed by atoms with Crippen molar-refractivity contribution in [3.05, 3.63) is 20.8 Å². The Morgan fingerprint density at radius 2 is 2.29 bits per heavy atom. The smallest absolute Gasteiger partial charge is 0.222 e. The second kappa shape index (κ2) is 5.98. The van der Waals surface area contributed by atoms with Gasteiger partial charge in [-0.1, -0.05) is 0 Å². The molecule has 1 aliphatic heterocycles. The van der Waals surface area contributed by atoms with E-state index in [0.717, 1.165) is 36.9 Å². The van der Waals surface area contributed by atoms with Crippen molar-refractivity contribution < 1.29 is 4.79 Å². The fourth-order valence-electron chi connectivity index (χ4n) is 2.21. The number of amides is 1. The van der Waals surface area contributed by atoms with E-state index in [2.05, 4.69) is 37.6 Å². The van der Waals surface area contributed by atoms with Gasteiger partial charge >= 0.3 is 0 Å². The van der Waals surface area contributed by atoms with E-state index in [0.29, 0.717) is 0 Å². The molecule has 17 heavy (non-hydrogen) atoms. The maximum atomic E-state index is 11.5. The molecule has 1 amide bonds. The van der Waals surface area contributed by atoms with E-state index >= 15 is 0 Å². The third kappa shape index (κ3) is 3.53. The first-order chi connectivity index (χ1) is 8.19. The molecule has 0 bridgehead atoms. The van der Waals surface area contributed by atoms with Crippen molar-refractivity contribution in [2.75, 3.05) is 20.1 Å². The molecule has 1 N–H and O–H groups in total. The number of nitrogens with zero attached hydrogens (tertiary/aromatic N) is 1. The lowest BCUT2D eigenvalue weighted by atomic mass is 9.96. The first-order valence-electron chi connectivity index (χ1n) is 5.86. The van der Waals surface area contributed by atoms with E-state index in [1.165, 1.54) is 4.88 Å². The SMILES string of the molecule is CNC(=O)C1CCN(Cc2cc(Br)cs2)CC1. The number of hydrogen-bond acceptors (Lipinski definition) is 3. The Balaban J connectivity index is 1.81. The summed E-state index contributed by atoms with van der Waals surface area (Å²) >= 11 is 5.26. The molecule has 1 aliphatic rings. The fraction of sp³-hybridized carbons (Fsp3) is 0.583. The zero-order valence-corrected chi connectivity index (χ0v) is 12.3. The summed E-state index contributed by atoms with van der Waals surface area (Å²) < 4.78 is 1.16. The lowest BCUT2D eigenvalue weighted by Gasteiger charge is -2.30. The van der Waals surface area contributed by atoms with Gasteiger partial charge in [-0.25, -0.2) is 0 Å². The summed E-state index contributed by atoms with van der Waals surface area (Å²) in [5.74, 6) is 0.412. The number of rotatable bonds is 3. The minimum atomic E-state index is 0.198. The second-order valence-corrected chi connectivity index (χ2v) is 6.31. The minimum absolute atomic E-state index is 0.198. The lowest BCUT2D eigenvalue weighted by molar-refractivity contribution is -0.125. The van der Waals surface area contributed by atoms with Crippen molar-refractivity contribution in [1.29, 1.82) is 0 Å². The van der Waals surface area contributed by atoms with Crippen LogP contribution in [0.4, 0.5) is 0 Å². The normalized spacial score (nSPS) is 18.2. The maximum absolute atomic E-state index is 11.5. The van der Waals surface area contributed by atoms with Gasteiger partial charge in [-0.15, -0.1) is 11.3 Å². The highest BCUT2D eigenvalue weighted by molar-refractivity contribution is 9.10. The molecule has 1 fully saturated rings. The molecule has 2 rings (SSSR count). The molecule has 94 valence electrons. The maximum Gasteiger partial charge on any atom is 0.222 e. The van der Waals surface area contributed by atoms with Crippen LogP contribution in [0.25, 0.3) is 0 Å². The van der Waals surface area contributed by atoms with Crippen LogP contribution in [-0.2, 0) is 11.3 Å². The third-order valence-corrected chi connectivity index (χ3v) is 4.89. The van der Waals surface area contributed by atoms with Gasteiger partial charge in [0, 0.05) is 34.2 Å². The van der Waals surface area contributed by atoms with Crippen LogP contribution < -0.4 is 5.32 Å². The second-order valence-electron chi connectivity index (χ2n) is 4.40. The Bertz CT molecular complexity index is 386. The minimum Gasteiger partial charge on any atom is -0.359 e. The van der Waals surface area contributed by atoms with Crippen LogP contribution in [0, 0.1) is 5.92 Å². The van der Waals surface area contributed by atoms with E-state index in [4.69, 9.17) is 0 Å². The van der Waals surface area contributed by atoms with E-state index in [1.807, 2.05) is 0 Å². The Labute approximate surface area is 114 Å². The molecular formula is C12H17BrN2OS. The van der Waals surface area contributed by atoms with Gasteiger partial charge in [0.2, 0.25) is 5.91 Å². The topological polar surface area (TPSA) is 32.3 Å². The number of carbonyl (C=O) groups excluding carboxylic acids is 1. The van der Waals surface area contributed by atoms with Crippen molar-refractivity contribution in [1.82, 2.24) is 10.2 Å². The van der Waals surface area contributed by atoms with Crippen molar-refractivity contribution in [3.8, 4) is 0 Å². The van der Waals surface area contributed by atoms with Crippen molar-refractivity contribution in [2.45, 2.75) is 19.4 Å². The van der Waals surface area contributed by atoms with Gasteiger partial charge < -0.3 is 5.32 Å². The Morgan fingerprint density at radius 1 is 1.59 bits per heavy atom. The van der Waals surface area contributed by atoms with Crippen LogP contribution in [-0.4, -0.2) is 30.9 Å². The largest absolute Gasteiger partial charge is 0.359 e. The van der Waals surface area contributed by atoms with E-state index in [1.54, 1.807) is 18.4 Å². The van der Waals surface area contributed by atoms with Crippen LogP contribution >= 0.6 is 27.3 Å². The molecule has 2 heterocycles. The Morgan fingerprint density at radius 3 is 2.82 bits per heavy atom. The highest BCUT2D eigenvalue weighted by atomic mass is 79.9. The number of hydrogen-bond donors (Lipinski definition) is 1. The lowest BCUT2D eigenvalue weighted by Crippen LogP contribution is -2.39. The molecule has 0 unspecified atom stereocenters. The predicted molar refractivity (Wildman–Crippen MR) is 74.1 cm³/mol. The van der Waals surface area contributed by atoms with Crippen molar-refractivity contribution >= 4 is 33.2 Å². The van der Waals surface area contributed by atoms with Crippen molar-refractivity contribution in [2.24, 2.45) is 5.92 Å². The van der Waals surface area contributed by atoms with Gasteiger partial charge in [-0.3, -0.25) is 9.69 Å². The number of carbonyl (C=O) groups is 1. The molecular weight excluding hydrogens is 300 g/mol. The summed E-state index contributed by atoms with van der Waals surface area (Å²) in [6.45, 7) is 3.05. The van der Waals surface area contributed by atoms with E-state index < -0.39 is 0 Å². The molecule has 1 saturated heterocycles. The van der Waals surface area contributed by atoms with Crippen LogP contribution in [0.1, 0.15) is 17.7 Å². The average molecular weight is 317 g/mol. The number of nitrogens with one attached hydrogen (secondary N) is 1. The number of likely N-dealkylation sites (tertiary alicyclic amines) is 1. The number of thiophene rings is 1. The standard InChI is InChI=1S/C12H17BrN2OS/c1-14-12(16)9-2-4-15(5-3-9)7-11-6-10(13)8-17-11/h6,8-9H,2-5,7H2,1H3,(H,14,16). The van der Waals surface area contributed by atoms with Crippen LogP contribution in [0.5, 0.6) is 0 Å². The van der Waals surface area contributed by atoms with Gasteiger partial charge in [-0.05, 0) is 47.9 Å². The quantitative estimate of drug-likeness (QED) is 0.929. The summed E-state index contributed by atoms with van der Waals surface area (Å²) in [7, 11) is 1.72. The van der Waals surface area contributed by atoms with Gasteiger partial charge in [-0.2, -0.15) is 0 Å². The molecule has 1 aromatic heterocycles. The highest BCUT2D eigenvalue weighted by Crippen LogP contribution is 2.24. The molecule has 5 heteroatoms. The molecule has 0 saturated carbocycles. The zero-order chi connectivity index (χ0) is 12.3. The molecule has 3 nitrogen and oxygen atoms in total. The molecule has 0 aliphatic carbocycles. The monoisotopic (exact) mass is 316 g/mol. The molecule has 0 atom stereocenters. The summed E-state index contributed by atoms with van der Waals surface area (Å²) in [5.41, 5.74) is 0. The number of piperidine rings is 1.